The highest BCUT2D eigenvalue weighted by atomic mass is 16.5. The second-order valence-electron chi connectivity index (χ2n) is 5.16. The maximum Gasteiger partial charge on any atom is 0.240 e. The molecule has 0 spiro atoms. The number of hydrogen-bond acceptors (Lipinski definition) is 5. The van der Waals surface area contributed by atoms with Gasteiger partial charge in [-0.3, -0.25) is 0 Å². The largest absolute Gasteiger partial charge is 0.493 e. The number of nitrogen functional groups attached to an aromatic ring is 1. The third kappa shape index (κ3) is 2.07. The SMILES string of the molecule is COc1ccc(N2CCCC(C)C2)n2nc(N)nc12. The smallest absolute Gasteiger partial charge is 0.240 e. The Morgan fingerprint density at radius 3 is 3.00 bits per heavy atom. The van der Waals surface area contributed by atoms with E-state index in [0.29, 0.717) is 17.3 Å². The Hall–Kier alpha value is -1.98. The van der Waals surface area contributed by atoms with E-state index in [0.717, 1.165) is 18.9 Å². The van der Waals surface area contributed by atoms with Crippen LogP contribution in [-0.4, -0.2) is 34.8 Å². The number of aromatic nitrogens is 3. The van der Waals surface area contributed by atoms with Gasteiger partial charge < -0.3 is 15.4 Å². The Kier molecular flexibility index (Phi) is 2.93. The second-order valence-corrected chi connectivity index (χ2v) is 5.16. The Balaban J connectivity index is 2.08. The van der Waals surface area contributed by atoms with E-state index >= 15 is 0 Å². The predicted octanol–water partition coefficient (Wildman–Crippen LogP) is 1.56. The van der Waals surface area contributed by atoms with Crippen molar-refractivity contribution < 1.29 is 4.74 Å². The number of piperidine rings is 1. The molecule has 2 aromatic rings. The topological polar surface area (TPSA) is 68.7 Å². The van der Waals surface area contributed by atoms with Crippen LogP contribution in [0.4, 0.5) is 11.8 Å². The average molecular weight is 261 g/mol. The lowest BCUT2D eigenvalue weighted by molar-refractivity contribution is 0.415. The van der Waals surface area contributed by atoms with Gasteiger partial charge in [-0.2, -0.15) is 9.50 Å². The number of hydrogen-bond donors (Lipinski definition) is 1. The van der Waals surface area contributed by atoms with Crippen molar-refractivity contribution in [3.05, 3.63) is 12.1 Å². The number of ether oxygens (including phenoxy) is 1. The maximum absolute atomic E-state index is 5.72. The van der Waals surface area contributed by atoms with Gasteiger partial charge in [-0.25, -0.2) is 0 Å². The third-order valence-electron chi connectivity index (χ3n) is 3.65. The van der Waals surface area contributed by atoms with E-state index in [9.17, 15) is 0 Å². The molecular formula is C13H19N5O. The minimum Gasteiger partial charge on any atom is -0.493 e. The summed E-state index contributed by atoms with van der Waals surface area (Å²) in [4.78, 5) is 6.58. The summed E-state index contributed by atoms with van der Waals surface area (Å²) >= 11 is 0. The molecule has 1 atom stereocenters. The van der Waals surface area contributed by atoms with Crippen LogP contribution < -0.4 is 15.4 Å². The number of pyridine rings is 1. The molecule has 102 valence electrons. The highest BCUT2D eigenvalue weighted by Gasteiger charge is 2.20. The van der Waals surface area contributed by atoms with Gasteiger partial charge >= 0.3 is 0 Å². The molecule has 0 amide bonds. The zero-order valence-corrected chi connectivity index (χ0v) is 11.3. The van der Waals surface area contributed by atoms with Crippen molar-refractivity contribution >= 4 is 17.4 Å². The van der Waals surface area contributed by atoms with Crippen LogP contribution in [0.2, 0.25) is 0 Å². The molecule has 2 aromatic heterocycles. The van der Waals surface area contributed by atoms with Crippen molar-refractivity contribution in [2.75, 3.05) is 30.8 Å². The molecule has 6 heteroatoms. The van der Waals surface area contributed by atoms with Crippen LogP contribution in [-0.2, 0) is 0 Å². The van der Waals surface area contributed by atoms with Gasteiger partial charge in [0.25, 0.3) is 0 Å². The quantitative estimate of drug-likeness (QED) is 0.888. The van der Waals surface area contributed by atoms with E-state index in [1.54, 1.807) is 11.6 Å². The van der Waals surface area contributed by atoms with Gasteiger partial charge in [0, 0.05) is 13.1 Å². The Bertz CT molecular complexity index is 594. The summed E-state index contributed by atoms with van der Waals surface area (Å²) < 4.78 is 7.09. The van der Waals surface area contributed by atoms with Gasteiger partial charge in [0.2, 0.25) is 11.6 Å². The molecule has 1 fully saturated rings. The summed E-state index contributed by atoms with van der Waals surface area (Å²) in [6.45, 7) is 4.37. The summed E-state index contributed by atoms with van der Waals surface area (Å²) in [5.41, 5.74) is 6.40. The Morgan fingerprint density at radius 2 is 2.26 bits per heavy atom. The molecule has 19 heavy (non-hydrogen) atoms. The zero-order chi connectivity index (χ0) is 13.4. The van der Waals surface area contributed by atoms with E-state index in [4.69, 9.17) is 10.5 Å². The highest BCUT2D eigenvalue weighted by Crippen LogP contribution is 2.27. The molecule has 1 saturated heterocycles. The lowest BCUT2D eigenvalue weighted by atomic mass is 10.0. The number of rotatable bonds is 2. The summed E-state index contributed by atoms with van der Waals surface area (Å²) in [7, 11) is 1.63. The average Bonchev–Trinajstić information content (AvgIpc) is 2.78. The summed E-state index contributed by atoms with van der Waals surface area (Å²) in [5.74, 6) is 2.70. The van der Waals surface area contributed by atoms with Crippen molar-refractivity contribution in [3.8, 4) is 5.75 Å². The second kappa shape index (κ2) is 4.60. The summed E-state index contributed by atoms with van der Waals surface area (Å²) in [6, 6.07) is 3.95. The maximum atomic E-state index is 5.72. The first-order valence-corrected chi connectivity index (χ1v) is 6.63. The molecule has 1 aliphatic heterocycles. The molecule has 1 aliphatic rings. The summed E-state index contributed by atoms with van der Waals surface area (Å²) in [6.07, 6.45) is 2.49. The molecule has 3 heterocycles. The van der Waals surface area contributed by atoms with Crippen molar-refractivity contribution in [3.63, 3.8) is 0 Å². The van der Waals surface area contributed by atoms with Gasteiger partial charge in [-0.1, -0.05) is 6.92 Å². The normalized spacial score (nSPS) is 19.9. The number of nitrogens with zero attached hydrogens (tertiary/aromatic N) is 4. The Morgan fingerprint density at radius 1 is 1.42 bits per heavy atom. The first-order valence-electron chi connectivity index (χ1n) is 6.63. The molecule has 6 nitrogen and oxygen atoms in total. The minimum atomic E-state index is 0.274. The molecule has 1 unspecified atom stereocenters. The molecule has 0 aliphatic carbocycles. The predicted molar refractivity (Wildman–Crippen MR) is 74.6 cm³/mol. The van der Waals surface area contributed by atoms with E-state index < -0.39 is 0 Å². The van der Waals surface area contributed by atoms with E-state index in [1.165, 1.54) is 12.8 Å². The number of methoxy groups -OCH3 is 1. The molecule has 0 saturated carbocycles. The number of anilines is 2. The Labute approximate surface area is 112 Å². The molecule has 0 radical (unpaired) electrons. The summed E-state index contributed by atoms with van der Waals surface area (Å²) in [5, 5.41) is 4.28. The molecule has 0 bridgehead atoms. The first kappa shape index (κ1) is 12.1. The van der Waals surface area contributed by atoms with Crippen LogP contribution in [0, 0.1) is 5.92 Å². The van der Waals surface area contributed by atoms with Gasteiger partial charge in [0.15, 0.2) is 5.75 Å². The van der Waals surface area contributed by atoms with Crippen LogP contribution in [0.5, 0.6) is 5.75 Å². The highest BCUT2D eigenvalue weighted by molar-refractivity contribution is 5.61. The van der Waals surface area contributed by atoms with Gasteiger partial charge in [0.05, 0.1) is 7.11 Å². The van der Waals surface area contributed by atoms with Crippen LogP contribution >= 0.6 is 0 Å². The van der Waals surface area contributed by atoms with Crippen LogP contribution in [0.1, 0.15) is 19.8 Å². The van der Waals surface area contributed by atoms with Crippen molar-refractivity contribution in [1.29, 1.82) is 0 Å². The monoisotopic (exact) mass is 261 g/mol. The van der Waals surface area contributed by atoms with Crippen LogP contribution in [0.15, 0.2) is 12.1 Å². The molecule has 3 rings (SSSR count). The fourth-order valence-corrected chi connectivity index (χ4v) is 2.74. The van der Waals surface area contributed by atoms with Crippen molar-refractivity contribution in [1.82, 2.24) is 14.6 Å². The zero-order valence-electron chi connectivity index (χ0n) is 11.3. The molecule has 2 N–H and O–H groups in total. The fourth-order valence-electron chi connectivity index (χ4n) is 2.74. The third-order valence-corrected chi connectivity index (χ3v) is 3.65. The van der Waals surface area contributed by atoms with Gasteiger partial charge in [-0.15, -0.1) is 5.10 Å². The van der Waals surface area contributed by atoms with Gasteiger partial charge in [-0.05, 0) is 30.9 Å². The van der Waals surface area contributed by atoms with E-state index in [2.05, 4.69) is 21.9 Å². The minimum absolute atomic E-state index is 0.274. The van der Waals surface area contributed by atoms with Gasteiger partial charge in [0.1, 0.15) is 5.82 Å². The van der Waals surface area contributed by atoms with Crippen LogP contribution in [0.3, 0.4) is 0 Å². The molecule has 0 aromatic carbocycles. The fraction of sp³-hybridized carbons (Fsp3) is 0.538. The van der Waals surface area contributed by atoms with Crippen LogP contribution in [0.25, 0.3) is 5.65 Å². The standard InChI is InChI=1S/C13H19N5O/c1-9-4-3-7-17(8-9)11-6-5-10(19-2)12-15-13(14)16-18(11)12/h5-6,9H,3-4,7-8H2,1-2H3,(H2,14,16). The van der Waals surface area contributed by atoms with Crippen molar-refractivity contribution in [2.24, 2.45) is 5.92 Å². The first-order chi connectivity index (χ1) is 9.19. The van der Waals surface area contributed by atoms with E-state index in [1.807, 2.05) is 12.1 Å². The number of nitrogens with two attached hydrogens (primary N) is 1. The van der Waals surface area contributed by atoms with E-state index in [-0.39, 0.29) is 5.95 Å². The lowest BCUT2D eigenvalue weighted by Gasteiger charge is -2.32. The lowest BCUT2D eigenvalue weighted by Crippen LogP contribution is -2.35. The van der Waals surface area contributed by atoms with Crippen molar-refractivity contribution in [2.45, 2.75) is 19.8 Å². The molecular weight excluding hydrogens is 242 g/mol. The number of fused-ring (bicyclic) bond motifs is 1.